The largest absolute Gasteiger partial charge is 0.545 e. The zero-order chi connectivity index (χ0) is 16.9. The maximum atomic E-state index is 12.8. The molecule has 0 saturated carbocycles. The smallest absolute Gasteiger partial charge is 0.294 e. The molecule has 0 atom stereocenters. The number of furan rings is 1. The summed E-state index contributed by atoms with van der Waals surface area (Å²) in [6.45, 7) is 0.213. The minimum Gasteiger partial charge on any atom is -0.545 e. The summed E-state index contributed by atoms with van der Waals surface area (Å²) < 4.78 is 5.18. The lowest BCUT2D eigenvalue weighted by atomic mass is 10.1. The predicted molar refractivity (Wildman–Crippen MR) is 86.4 cm³/mol. The van der Waals surface area contributed by atoms with Gasteiger partial charge in [0.05, 0.1) is 24.5 Å². The number of amides is 1. The van der Waals surface area contributed by atoms with Crippen molar-refractivity contribution in [2.45, 2.75) is 6.54 Å². The predicted octanol–water partition coefficient (Wildman–Crippen LogP) is 2.49. The van der Waals surface area contributed by atoms with Crippen molar-refractivity contribution in [3.05, 3.63) is 89.9 Å². The van der Waals surface area contributed by atoms with Crippen molar-refractivity contribution < 1.29 is 19.1 Å². The molecule has 1 heterocycles. The van der Waals surface area contributed by atoms with Gasteiger partial charge in [0.25, 0.3) is 5.91 Å². The molecule has 3 aromatic rings. The van der Waals surface area contributed by atoms with Gasteiger partial charge >= 0.3 is 0 Å². The molecule has 5 nitrogen and oxygen atoms in total. The fraction of sp³-hybridized carbons (Fsp3) is 0.0526. The van der Waals surface area contributed by atoms with Gasteiger partial charge < -0.3 is 19.2 Å². The molecule has 0 aliphatic heterocycles. The van der Waals surface area contributed by atoms with E-state index in [0.717, 1.165) is 5.56 Å². The molecule has 0 saturated heterocycles. The number of hydrogen-bond acceptors (Lipinski definition) is 4. The van der Waals surface area contributed by atoms with E-state index in [1.54, 1.807) is 30.3 Å². The van der Waals surface area contributed by atoms with Crippen LogP contribution in [0.15, 0.2) is 77.4 Å². The van der Waals surface area contributed by atoms with Gasteiger partial charge in [0.2, 0.25) is 0 Å². The van der Waals surface area contributed by atoms with E-state index in [9.17, 15) is 14.7 Å². The first-order valence-electron chi connectivity index (χ1n) is 7.36. The van der Waals surface area contributed by atoms with E-state index >= 15 is 0 Å². The molecule has 0 bridgehead atoms. The Hall–Kier alpha value is -3.34. The highest BCUT2D eigenvalue weighted by Crippen LogP contribution is 2.24. The molecular formula is C19H14NO4-. The highest BCUT2D eigenvalue weighted by molar-refractivity contribution is 6.07. The maximum Gasteiger partial charge on any atom is 0.294 e. The number of carboxylic acid groups (broad SMARTS) is 1. The van der Waals surface area contributed by atoms with Crippen LogP contribution in [0.3, 0.4) is 0 Å². The van der Waals surface area contributed by atoms with Gasteiger partial charge in [-0.05, 0) is 23.8 Å². The first kappa shape index (κ1) is 15.6. The van der Waals surface area contributed by atoms with Gasteiger partial charge in [-0.1, -0.05) is 48.5 Å². The number of carbonyl (C=O) groups is 2. The summed E-state index contributed by atoms with van der Waals surface area (Å²) in [5, 5.41) is 11.4. The second-order valence-corrected chi connectivity index (χ2v) is 5.16. The molecule has 1 aromatic heterocycles. The molecule has 5 heteroatoms. The maximum absolute atomic E-state index is 12.8. The standard InChI is InChI=1S/C19H15NO4/c21-18(17-11-6-12-24-17)20(13-14-7-2-1-3-8-14)16-10-5-4-9-15(16)19(22)23/h1-12H,13H2,(H,22,23)/p-1. The number of rotatable bonds is 5. The van der Waals surface area contributed by atoms with Gasteiger partial charge in [-0.3, -0.25) is 4.79 Å². The van der Waals surface area contributed by atoms with Crippen LogP contribution in [0.5, 0.6) is 0 Å². The molecule has 0 radical (unpaired) electrons. The van der Waals surface area contributed by atoms with Gasteiger partial charge in [0.1, 0.15) is 0 Å². The highest BCUT2D eigenvalue weighted by Gasteiger charge is 2.22. The number of aromatic carboxylic acids is 1. The van der Waals surface area contributed by atoms with E-state index in [2.05, 4.69) is 0 Å². The van der Waals surface area contributed by atoms with Crippen LogP contribution in [0, 0.1) is 0 Å². The molecule has 0 aliphatic rings. The second kappa shape index (κ2) is 6.83. The van der Waals surface area contributed by atoms with Gasteiger partial charge in [-0.15, -0.1) is 0 Å². The fourth-order valence-electron chi connectivity index (χ4n) is 2.45. The van der Waals surface area contributed by atoms with E-state index in [1.807, 2.05) is 30.3 Å². The van der Waals surface area contributed by atoms with Crippen LogP contribution in [-0.2, 0) is 6.54 Å². The second-order valence-electron chi connectivity index (χ2n) is 5.16. The Morgan fingerprint density at radius 3 is 2.29 bits per heavy atom. The van der Waals surface area contributed by atoms with Crippen molar-refractivity contribution in [1.82, 2.24) is 0 Å². The van der Waals surface area contributed by atoms with Crippen molar-refractivity contribution in [2.24, 2.45) is 0 Å². The van der Waals surface area contributed by atoms with E-state index in [1.165, 1.54) is 17.2 Å². The Balaban J connectivity index is 2.05. The molecular weight excluding hydrogens is 306 g/mol. The van der Waals surface area contributed by atoms with Crippen molar-refractivity contribution in [2.75, 3.05) is 4.90 Å². The van der Waals surface area contributed by atoms with E-state index in [0.29, 0.717) is 0 Å². The first-order valence-corrected chi connectivity index (χ1v) is 7.36. The Labute approximate surface area is 138 Å². The topological polar surface area (TPSA) is 73.6 Å². The fourth-order valence-corrected chi connectivity index (χ4v) is 2.45. The third kappa shape index (κ3) is 3.20. The van der Waals surface area contributed by atoms with Crippen molar-refractivity contribution >= 4 is 17.6 Å². The lowest BCUT2D eigenvalue weighted by Crippen LogP contribution is -2.33. The molecule has 0 aliphatic carbocycles. The quantitative estimate of drug-likeness (QED) is 0.724. The molecule has 1 amide bonds. The monoisotopic (exact) mass is 320 g/mol. The van der Waals surface area contributed by atoms with E-state index in [-0.39, 0.29) is 23.6 Å². The van der Waals surface area contributed by atoms with Crippen LogP contribution in [0.4, 0.5) is 5.69 Å². The van der Waals surface area contributed by atoms with Gasteiger partial charge in [0.15, 0.2) is 5.76 Å². The number of nitrogens with zero attached hydrogens (tertiary/aromatic N) is 1. The third-order valence-corrected chi connectivity index (χ3v) is 3.58. The third-order valence-electron chi connectivity index (χ3n) is 3.58. The van der Waals surface area contributed by atoms with Crippen molar-refractivity contribution in [3.63, 3.8) is 0 Å². The summed E-state index contributed by atoms with van der Waals surface area (Å²) in [4.78, 5) is 25.6. The summed E-state index contributed by atoms with van der Waals surface area (Å²) in [6, 6.07) is 18.7. The van der Waals surface area contributed by atoms with Crippen LogP contribution < -0.4 is 10.0 Å². The number of hydrogen-bond donors (Lipinski definition) is 0. The Bertz CT molecular complexity index is 841. The first-order chi connectivity index (χ1) is 11.7. The summed E-state index contributed by atoms with van der Waals surface area (Å²) in [5.74, 6) is -1.62. The average Bonchev–Trinajstić information content (AvgIpc) is 3.14. The van der Waals surface area contributed by atoms with Crippen LogP contribution in [0.2, 0.25) is 0 Å². The normalized spacial score (nSPS) is 10.3. The molecule has 24 heavy (non-hydrogen) atoms. The molecule has 0 spiro atoms. The van der Waals surface area contributed by atoms with Crippen molar-refractivity contribution in [1.29, 1.82) is 0 Å². The number of carbonyl (C=O) groups excluding carboxylic acids is 2. The number of benzene rings is 2. The Morgan fingerprint density at radius 2 is 1.62 bits per heavy atom. The van der Waals surface area contributed by atoms with Gasteiger partial charge in [-0.2, -0.15) is 0 Å². The minimum atomic E-state index is -1.34. The Morgan fingerprint density at radius 1 is 0.917 bits per heavy atom. The average molecular weight is 320 g/mol. The van der Waals surface area contributed by atoms with Gasteiger partial charge in [0, 0.05) is 5.56 Å². The summed E-state index contributed by atoms with van der Waals surface area (Å²) in [7, 11) is 0. The molecule has 0 fully saturated rings. The van der Waals surface area contributed by atoms with Gasteiger partial charge in [-0.25, -0.2) is 0 Å². The highest BCUT2D eigenvalue weighted by atomic mass is 16.4. The zero-order valence-electron chi connectivity index (χ0n) is 12.7. The minimum absolute atomic E-state index is 0.0478. The molecule has 120 valence electrons. The molecule has 2 aromatic carbocycles. The lowest BCUT2D eigenvalue weighted by Gasteiger charge is -2.25. The molecule has 0 N–H and O–H groups in total. The SMILES string of the molecule is O=C([O-])c1ccccc1N(Cc1ccccc1)C(=O)c1ccco1. The number of anilines is 1. The lowest BCUT2D eigenvalue weighted by molar-refractivity contribution is -0.254. The van der Waals surface area contributed by atoms with E-state index < -0.39 is 11.9 Å². The van der Waals surface area contributed by atoms with Crippen LogP contribution >= 0.6 is 0 Å². The number of carboxylic acids is 1. The Kier molecular flexibility index (Phi) is 4.43. The summed E-state index contributed by atoms with van der Waals surface area (Å²) in [5.41, 5.74) is 1.08. The molecule has 3 rings (SSSR count). The summed E-state index contributed by atoms with van der Waals surface area (Å²) >= 11 is 0. The van der Waals surface area contributed by atoms with Crippen LogP contribution in [0.1, 0.15) is 26.5 Å². The van der Waals surface area contributed by atoms with Crippen molar-refractivity contribution in [3.8, 4) is 0 Å². The van der Waals surface area contributed by atoms with Crippen LogP contribution in [0.25, 0.3) is 0 Å². The zero-order valence-corrected chi connectivity index (χ0v) is 12.7. The van der Waals surface area contributed by atoms with E-state index in [4.69, 9.17) is 4.42 Å². The van der Waals surface area contributed by atoms with Crippen LogP contribution in [-0.4, -0.2) is 11.9 Å². The summed E-state index contributed by atoms with van der Waals surface area (Å²) in [6.07, 6.45) is 1.40. The molecule has 0 unspecified atom stereocenters. The number of para-hydroxylation sites is 1.